The molecule has 1 rings (SSSR count). The number of aliphatic hydroxyl groups is 2. The maximum atomic E-state index is 14.4. The lowest BCUT2D eigenvalue weighted by molar-refractivity contribution is -0.0771. The number of aliphatic hydroxyl groups excluding tert-OH is 2. The molecule has 0 radical (unpaired) electrons. The Morgan fingerprint density at radius 2 is 1.88 bits per heavy atom. The molecule has 0 aliphatic heterocycles. The van der Waals surface area contributed by atoms with E-state index in [-0.39, 0.29) is 5.04 Å². The van der Waals surface area contributed by atoms with E-state index in [0.29, 0.717) is 12.8 Å². The van der Waals surface area contributed by atoms with Gasteiger partial charge in [-0.3, -0.25) is 0 Å². The van der Waals surface area contributed by atoms with Crippen molar-refractivity contribution in [3.05, 3.63) is 0 Å². The first-order valence-corrected chi connectivity index (χ1v) is 9.11. The predicted octanol–water partition coefficient (Wildman–Crippen LogP) is 2.23. The number of rotatable bonds is 3. The molecule has 0 spiro atoms. The van der Waals surface area contributed by atoms with Gasteiger partial charge in [-0.25, -0.2) is 4.39 Å². The maximum Gasteiger partial charge on any atom is 0.192 e. The molecular formula is C12H25FO3Si. The molecule has 0 aromatic heterocycles. The summed E-state index contributed by atoms with van der Waals surface area (Å²) in [6, 6.07) is 0. The minimum absolute atomic E-state index is 0.00307. The highest BCUT2D eigenvalue weighted by atomic mass is 28.4. The molecule has 0 heterocycles. The lowest BCUT2D eigenvalue weighted by Gasteiger charge is -2.41. The molecule has 0 saturated heterocycles. The van der Waals surface area contributed by atoms with Crippen LogP contribution in [0.3, 0.4) is 0 Å². The molecule has 102 valence electrons. The van der Waals surface area contributed by atoms with Crippen LogP contribution in [0.25, 0.3) is 0 Å². The molecule has 0 aromatic carbocycles. The zero-order chi connectivity index (χ0) is 13.5. The zero-order valence-electron chi connectivity index (χ0n) is 11.5. The van der Waals surface area contributed by atoms with Gasteiger partial charge in [0, 0.05) is 0 Å². The lowest BCUT2D eigenvalue weighted by Crippen LogP contribution is -2.53. The van der Waals surface area contributed by atoms with Crippen molar-refractivity contribution >= 4 is 8.32 Å². The van der Waals surface area contributed by atoms with Crippen LogP contribution in [0.1, 0.15) is 33.6 Å². The van der Waals surface area contributed by atoms with Gasteiger partial charge < -0.3 is 14.6 Å². The fourth-order valence-electron chi connectivity index (χ4n) is 1.90. The van der Waals surface area contributed by atoms with Crippen LogP contribution >= 0.6 is 0 Å². The van der Waals surface area contributed by atoms with E-state index in [0.717, 1.165) is 0 Å². The van der Waals surface area contributed by atoms with Crippen LogP contribution in [0, 0.1) is 0 Å². The third-order valence-corrected chi connectivity index (χ3v) is 8.76. The van der Waals surface area contributed by atoms with Crippen LogP contribution in [-0.4, -0.2) is 43.0 Å². The second kappa shape index (κ2) is 4.61. The first-order valence-electron chi connectivity index (χ1n) is 6.20. The molecule has 1 aliphatic carbocycles. The number of alkyl halides is 1. The Labute approximate surface area is 104 Å². The van der Waals surface area contributed by atoms with Gasteiger partial charge >= 0.3 is 0 Å². The molecule has 0 unspecified atom stereocenters. The van der Waals surface area contributed by atoms with Gasteiger partial charge in [-0.15, -0.1) is 0 Å². The van der Waals surface area contributed by atoms with E-state index < -0.39 is 32.8 Å². The molecule has 17 heavy (non-hydrogen) atoms. The van der Waals surface area contributed by atoms with E-state index in [4.69, 9.17) is 9.53 Å². The molecule has 2 N–H and O–H groups in total. The highest BCUT2D eigenvalue weighted by Gasteiger charge is 2.54. The van der Waals surface area contributed by atoms with Crippen LogP contribution in [0.2, 0.25) is 18.1 Å². The third-order valence-electron chi connectivity index (χ3n) is 4.28. The summed E-state index contributed by atoms with van der Waals surface area (Å²) in [5.74, 6) is 0. The number of hydrogen-bond donors (Lipinski definition) is 2. The van der Waals surface area contributed by atoms with Gasteiger partial charge in [0.05, 0.1) is 18.8 Å². The molecule has 0 aromatic rings. The Morgan fingerprint density at radius 3 is 2.29 bits per heavy atom. The van der Waals surface area contributed by atoms with Crippen molar-refractivity contribution in [1.82, 2.24) is 0 Å². The monoisotopic (exact) mass is 264 g/mol. The van der Waals surface area contributed by atoms with Crippen molar-refractivity contribution in [2.24, 2.45) is 0 Å². The lowest BCUT2D eigenvalue weighted by atomic mass is 10.0. The van der Waals surface area contributed by atoms with Gasteiger partial charge in [-0.1, -0.05) is 20.8 Å². The normalized spacial score (nSPS) is 35.3. The van der Waals surface area contributed by atoms with Gasteiger partial charge in [-0.05, 0) is 31.0 Å². The Kier molecular flexibility index (Phi) is 4.09. The van der Waals surface area contributed by atoms with Crippen LogP contribution < -0.4 is 0 Å². The second-order valence-electron chi connectivity index (χ2n) is 6.54. The number of hydrogen-bond acceptors (Lipinski definition) is 3. The molecule has 3 atom stereocenters. The minimum Gasteiger partial charge on any atom is -0.410 e. The SMILES string of the molecule is CC(C)(C)[Si](C)(C)O[C@H]1CC[C@H](O)[C@]1(F)CO. The van der Waals surface area contributed by atoms with Gasteiger partial charge in [-0.2, -0.15) is 0 Å². The predicted molar refractivity (Wildman–Crippen MR) is 68.2 cm³/mol. The molecule has 0 bridgehead atoms. The van der Waals surface area contributed by atoms with Gasteiger partial charge in [0.2, 0.25) is 0 Å². The molecule has 0 amide bonds. The molecule has 1 saturated carbocycles. The van der Waals surface area contributed by atoms with E-state index in [2.05, 4.69) is 33.9 Å². The van der Waals surface area contributed by atoms with Crippen molar-refractivity contribution in [2.45, 2.75) is 69.6 Å². The van der Waals surface area contributed by atoms with Crippen LogP contribution in [0.15, 0.2) is 0 Å². The first kappa shape index (κ1) is 15.1. The summed E-state index contributed by atoms with van der Waals surface area (Å²) in [7, 11) is -2.07. The topological polar surface area (TPSA) is 49.7 Å². The highest BCUT2D eigenvalue weighted by molar-refractivity contribution is 6.74. The molecule has 1 aliphatic rings. The standard InChI is InChI=1S/C12H25FO3Si/c1-11(2,3)17(4,5)16-10-7-6-9(15)12(10,13)8-14/h9-10,14-15H,6-8H2,1-5H3/t9-,10-,12+/m0/s1. The zero-order valence-corrected chi connectivity index (χ0v) is 12.5. The minimum atomic E-state index is -2.07. The average molecular weight is 264 g/mol. The Balaban J connectivity index is 2.83. The fourth-order valence-corrected chi connectivity index (χ4v) is 3.28. The molecule has 1 fully saturated rings. The van der Waals surface area contributed by atoms with Crippen molar-refractivity contribution in [3.8, 4) is 0 Å². The Morgan fingerprint density at radius 1 is 1.35 bits per heavy atom. The molecular weight excluding hydrogens is 239 g/mol. The van der Waals surface area contributed by atoms with Gasteiger partial charge in [0.15, 0.2) is 14.0 Å². The molecule has 5 heteroatoms. The van der Waals surface area contributed by atoms with Gasteiger partial charge in [0.1, 0.15) is 0 Å². The maximum absolute atomic E-state index is 14.4. The second-order valence-corrected chi connectivity index (χ2v) is 11.3. The third kappa shape index (κ3) is 2.72. The largest absolute Gasteiger partial charge is 0.410 e. The summed E-state index contributed by atoms with van der Waals surface area (Å²) in [4.78, 5) is 0. The van der Waals surface area contributed by atoms with Crippen molar-refractivity contribution < 1.29 is 19.0 Å². The van der Waals surface area contributed by atoms with Crippen molar-refractivity contribution in [1.29, 1.82) is 0 Å². The van der Waals surface area contributed by atoms with Crippen molar-refractivity contribution in [3.63, 3.8) is 0 Å². The summed E-state index contributed by atoms with van der Waals surface area (Å²) >= 11 is 0. The summed E-state index contributed by atoms with van der Waals surface area (Å²) < 4.78 is 20.4. The summed E-state index contributed by atoms with van der Waals surface area (Å²) in [5.41, 5.74) is -1.99. The summed E-state index contributed by atoms with van der Waals surface area (Å²) in [5, 5.41) is 18.8. The van der Waals surface area contributed by atoms with E-state index >= 15 is 0 Å². The Hall–Kier alpha value is 0.0269. The number of halogens is 1. The fraction of sp³-hybridized carbons (Fsp3) is 1.00. The summed E-state index contributed by atoms with van der Waals surface area (Å²) in [6.07, 6.45) is -0.952. The van der Waals surface area contributed by atoms with E-state index in [1.165, 1.54) is 0 Å². The van der Waals surface area contributed by atoms with Crippen LogP contribution in [0.5, 0.6) is 0 Å². The smallest absolute Gasteiger partial charge is 0.192 e. The molecule has 3 nitrogen and oxygen atoms in total. The van der Waals surface area contributed by atoms with Crippen LogP contribution in [-0.2, 0) is 4.43 Å². The van der Waals surface area contributed by atoms with E-state index in [1.54, 1.807) is 0 Å². The van der Waals surface area contributed by atoms with Gasteiger partial charge in [0.25, 0.3) is 0 Å². The first-order chi connectivity index (χ1) is 7.54. The van der Waals surface area contributed by atoms with E-state index in [1.807, 2.05) is 0 Å². The Bertz CT molecular complexity index is 277. The highest BCUT2D eigenvalue weighted by Crippen LogP contribution is 2.43. The van der Waals surface area contributed by atoms with Crippen molar-refractivity contribution in [2.75, 3.05) is 6.61 Å². The quantitative estimate of drug-likeness (QED) is 0.769. The van der Waals surface area contributed by atoms with Crippen LogP contribution in [0.4, 0.5) is 4.39 Å². The average Bonchev–Trinajstić information content (AvgIpc) is 2.44. The van der Waals surface area contributed by atoms with E-state index in [9.17, 15) is 9.50 Å². The summed E-state index contributed by atoms with van der Waals surface area (Å²) in [6.45, 7) is 9.69.